The Kier molecular flexibility index (Phi) is 5.13. The third-order valence-corrected chi connectivity index (χ3v) is 4.97. The number of hydrogen-bond acceptors (Lipinski definition) is 4. The number of halogens is 1. The Bertz CT molecular complexity index is 537. The lowest BCUT2D eigenvalue weighted by Gasteiger charge is -2.37. The Morgan fingerprint density at radius 2 is 1.96 bits per heavy atom. The van der Waals surface area contributed by atoms with Gasteiger partial charge in [0, 0.05) is 12.8 Å². The molecule has 1 saturated heterocycles. The molecule has 0 unspecified atom stereocenters. The Hall–Kier alpha value is -1.66. The maximum Gasteiger partial charge on any atom is 0.239 e. The molecule has 0 bridgehead atoms. The molecule has 6 heteroatoms. The van der Waals surface area contributed by atoms with Crippen molar-refractivity contribution in [2.45, 2.75) is 25.0 Å². The number of methoxy groups -OCH3 is 1. The fourth-order valence-corrected chi connectivity index (χ4v) is 3.70. The summed E-state index contributed by atoms with van der Waals surface area (Å²) in [4.78, 5) is 12.2. The molecular formula is C17H24FN3O2. The van der Waals surface area contributed by atoms with Gasteiger partial charge in [0.05, 0.1) is 18.7 Å². The molecule has 1 aromatic rings. The average molecular weight is 321 g/mol. The predicted molar refractivity (Wildman–Crippen MR) is 86.7 cm³/mol. The largest absolute Gasteiger partial charge is 0.379 e. The van der Waals surface area contributed by atoms with Crippen molar-refractivity contribution in [2.24, 2.45) is 11.8 Å². The zero-order chi connectivity index (χ0) is 16.2. The molecule has 1 heterocycles. The number of fused-ring (bicyclic) bond motifs is 1. The number of anilines is 1. The predicted octanol–water partition coefficient (Wildman–Crippen LogP) is 1.37. The van der Waals surface area contributed by atoms with E-state index in [2.05, 4.69) is 16.0 Å². The summed E-state index contributed by atoms with van der Waals surface area (Å²) < 4.78 is 18.4. The number of nitrogens with one attached hydrogen (secondary N) is 3. The molecule has 0 radical (unpaired) electrons. The van der Waals surface area contributed by atoms with E-state index in [1.165, 1.54) is 12.1 Å². The van der Waals surface area contributed by atoms with E-state index in [4.69, 9.17) is 4.74 Å². The van der Waals surface area contributed by atoms with Crippen LogP contribution in [0, 0.1) is 17.7 Å². The SMILES string of the molecule is CO[C@H]1C[C@@H]2CNC[C@@H]2C[C@@H]1NC(=O)CNc1ccc(F)cc1. The first kappa shape index (κ1) is 16.2. The van der Waals surface area contributed by atoms with Crippen molar-refractivity contribution < 1.29 is 13.9 Å². The number of rotatable bonds is 5. The number of amides is 1. The first-order valence-corrected chi connectivity index (χ1v) is 8.18. The van der Waals surface area contributed by atoms with Gasteiger partial charge < -0.3 is 20.7 Å². The minimum atomic E-state index is -0.287. The van der Waals surface area contributed by atoms with Gasteiger partial charge in [-0.25, -0.2) is 4.39 Å². The molecule has 2 aliphatic rings. The van der Waals surface area contributed by atoms with E-state index in [-0.39, 0.29) is 30.4 Å². The molecule has 1 saturated carbocycles. The molecule has 23 heavy (non-hydrogen) atoms. The first-order chi connectivity index (χ1) is 11.2. The second-order valence-corrected chi connectivity index (χ2v) is 6.46. The second-order valence-electron chi connectivity index (χ2n) is 6.46. The van der Waals surface area contributed by atoms with Gasteiger partial charge in [0.25, 0.3) is 0 Å². The Morgan fingerprint density at radius 1 is 1.26 bits per heavy atom. The van der Waals surface area contributed by atoms with Crippen LogP contribution in [-0.2, 0) is 9.53 Å². The quantitative estimate of drug-likeness (QED) is 0.766. The van der Waals surface area contributed by atoms with E-state index in [0.717, 1.165) is 31.6 Å². The second kappa shape index (κ2) is 7.27. The highest BCUT2D eigenvalue weighted by Gasteiger charge is 2.40. The molecule has 0 aromatic heterocycles. The van der Waals surface area contributed by atoms with Crippen molar-refractivity contribution in [1.82, 2.24) is 10.6 Å². The van der Waals surface area contributed by atoms with Gasteiger partial charge in [-0.3, -0.25) is 4.79 Å². The summed E-state index contributed by atoms with van der Waals surface area (Å²) in [5, 5.41) is 9.52. The van der Waals surface area contributed by atoms with Crippen LogP contribution in [0.1, 0.15) is 12.8 Å². The lowest BCUT2D eigenvalue weighted by molar-refractivity contribution is -0.122. The number of hydrogen-bond donors (Lipinski definition) is 3. The molecule has 2 fully saturated rings. The fourth-order valence-electron chi connectivity index (χ4n) is 3.70. The highest BCUT2D eigenvalue weighted by Crippen LogP contribution is 2.34. The van der Waals surface area contributed by atoms with Gasteiger partial charge >= 0.3 is 0 Å². The fraction of sp³-hybridized carbons (Fsp3) is 0.588. The highest BCUT2D eigenvalue weighted by molar-refractivity contribution is 5.81. The molecule has 0 spiro atoms. The van der Waals surface area contributed by atoms with E-state index < -0.39 is 0 Å². The first-order valence-electron chi connectivity index (χ1n) is 8.18. The number of carbonyl (C=O) groups is 1. The van der Waals surface area contributed by atoms with Crippen LogP contribution in [0.15, 0.2) is 24.3 Å². The van der Waals surface area contributed by atoms with E-state index in [1.54, 1.807) is 19.2 Å². The Balaban J connectivity index is 1.50. The minimum Gasteiger partial charge on any atom is -0.379 e. The van der Waals surface area contributed by atoms with Crippen molar-refractivity contribution >= 4 is 11.6 Å². The van der Waals surface area contributed by atoms with Crippen molar-refractivity contribution in [3.8, 4) is 0 Å². The molecule has 5 nitrogen and oxygen atoms in total. The van der Waals surface area contributed by atoms with E-state index in [9.17, 15) is 9.18 Å². The number of benzene rings is 1. The number of ether oxygens (including phenoxy) is 1. The van der Waals surface area contributed by atoms with Crippen LogP contribution in [0.3, 0.4) is 0 Å². The summed E-state index contributed by atoms with van der Waals surface area (Å²) in [7, 11) is 1.71. The maximum absolute atomic E-state index is 12.9. The zero-order valence-electron chi connectivity index (χ0n) is 13.3. The van der Waals surface area contributed by atoms with Crippen LogP contribution < -0.4 is 16.0 Å². The Labute approximate surface area is 136 Å². The van der Waals surface area contributed by atoms with Crippen LogP contribution in [0.5, 0.6) is 0 Å². The topological polar surface area (TPSA) is 62.4 Å². The smallest absolute Gasteiger partial charge is 0.239 e. The van der Waals surface area contributed by atoms with Crippen molar-refractivity contribution in [2.75, 3.05) is 32.1 Å². The van der Waals surface area contributed by atoms with Gasteiger partial charge in [0.2, 0.25) is 5.91 Å². The molecule has 1 amide bonds. The number of carbonyl (C=O) groups excluding carboxylic acids is 1. The molecular weight excluding hydrogens is 297 g/mol. The third kappa shape index (κ3) is 4.00. The molecule has 1 aliphatic carbocycles. The third-order valence-electron chi connectivity index (χ3n) is 4.97. The summed E-state index contributed by atoms with van der Waals surface area (Å²) in [6, 6.07) is 6.04. The minimum absolute atomic E-state index is 0.0590. The monoisotopic (exact) mass is 321 g/mol. The molecule has 4 atom stereocenters. The van der Waals surface area contributed by atoms with E-state index in [0.29, 0.717) is 11.8 Å². The summed E-state index contributed by atoms with van der Waals surface area (Å²) in [6.45, 7) is 2.25. The van der Waals surface area contributed by atoms with Gasteiger partial charge in [-0.05, 0) is 62.0 Å². The van der Waals surface area contributed by atoms with Crippen molar-refractivity contribution in [3.05, 3.63) is 30.1 Å². The van der Waals surface area contributed by atoms with Crippen molar-refractivity contribution in [1.29, 1.82) is 0 Å². The molecule has 126 valence electrons. The van der Waals surface area contributed by atoms with Crippen LogP contribution in [0.2, 0.25) is 0 Å². The van der Waals surface area contributed by atoms with Crippen molar-refractivity contribution in [3.63, 3.8) is 0 Å². The summed E-state index contributed by atoms with van der Waals surface area (Å²) in [5.41, 5.74) is 0.730. The zero-order valence-corrected chi connectivity index (χ0v) is 13.3. The normalized spacial score (nSPS) is 29.8. The summed E-state index contributed by atoms with van der Waals surface area (Å²) in [6.07, 6.45) is 2.02. The lowest BCUT2D eigenvalue weighted by Crippen LogP contribution is -2.51. The molecule has 3 N–H and O–H groups in total. The van der Waals surface area contributed by atoms with Crippen LogP contribution in [0.4, 0.5) is 10.1 Å². The Morgan fingerprint density at radius 3 is 2.65 bits per heavy atom. The molecule has 3 rings (SSSR count). The summed E-state index contributed by atoms with van der Waals surface area (Å²) >= 11 is 0. The molecule has 1 aliphatic heterocycles. The van der Waals surface area contributed by atoms with Gasteiger partial charge in [0.15, 0.2) is 0 Å². The van der Waals surface area contributed by atoms with Gasteiger partial charge in [-0.15, -0.1) is 0 Å². The van der Waals surface area contributed by atoms with Gasteiger partial charge in [-0.1, -0.05) is 0 Å². The lowest BCUT2D eigenvalue weighted by atomic mass is 9.77. The summed E-state index contributed by atoms with van der Waals surface area (Å²) in [5.74, 6) is 0.929. The van der Waals surface area contributed by atoms with Gasteiger partial charge in [-0.2, -0.15) is 0 Å². The highest BCUT2D eigenvalue weighted by atomic mass is 19.1. The standard InChI is InChI=1S/C17H24FN3O2/c1-23-16-7-12-9-19-8-11(12)6-15(16)21-17(22)10-20-14-4-2-13(18)3-5-14/h2-5,11-12,15-16,19-20H,6-10H2,1H3,(H,21,22)/t11-,12+,15-,16-/m0/s1. The average Bonchev–Trinajstić information content (AvgIpc) is 3.00. The van der Waals surface area contributed by atoms with E-state index >= 15 is 0 Å². The van der Waals surface area contributed by atoms with Crippen LogP contribution in [0.25, 0.3) is 0 Å². The molecule has 1 aromatic carbocycles. The van der Waals surface area contributed by atoms with Crippen LogP contribution >= 0.6 is 0 Å². The van der Waals surface area contributed by atoms with Crippen LogP contribution in [-0.4, -0.2) is 44.8 Å². The van der Waals surface area contributed by atoms with Gasteiger partial charge in [0.1, 0.15) is 5.82 Å². The van der Waals surface area contributed by atoms with E-state index in [1.807, 2.05) is 0 Å². The maximum atomic E-state index is 12.9.